The molecular weight excluding hydrogens is 302 g/mol. The average molecular weight is 331 g/mol. The van der Waals surface area contributed by atoms with E-state index < -0.39 is 6.10 Å². The quantitative estimate of drug-likeness (QED) is 0.879. The van der Waals surface area contributed by atoms with Gasteiger partial charge in [0.15, 0.2) is 0 Å². The number of carbonyl (C=O) groups is 1. The van der Waals surface area contributed by atoms with Crippen LogP contribution in [-0.2, 0) is 11.2 Å². The Balaban J connectivity index is 1.54. The number of aliphatic hydroxyl groups is 1. The molecule has 1 aliphatic heterocycles. The molecule has 1 aromatic rings. The first-order chi connectivity index (χ1) is 11.6. The zero-order chi connectivity index (χ0) is 17.1. The number of aliphatic hydroxyl groups excluding tert-OH is 1. The van der Waals surface area contributed by atoms with Crippen LogP contribution in [-0.4, -0.2) is 77.6 Å². The molecule has 3 rings (SSSR count). The smallest absolute Gasteiger partial charge is 0.236 e. The second-order valence-corrected chi connectivity index (χ2v) is 6.79. The summed E-state index contributed by atoms with van der Waals surface area (Å²) in [5, 5.41) is 10.6. The minimum absolute atomic E-state index is 0.155. The summed E-state index contributed by atoms with van der Waals surface area (Å²) in [5.41, 5.74) is 2.33. The third kappa shape index (κ3) is 3.48. The van der Waals surface area contributed by atoms with Crippen LogP contribution in [0.2, 0.25) is 0 Å². The van der Waals surface area contributed by atoms with E-state index in [-0.39, 0.29) is 11.9 Å². The van der Waals surface area contributed by atoms with Crippen molar-refractivity contribution in [1.82, 2.24) is 14.7 Å². The number of hydrogen-bond donors (Lipinski definition) is 1. The van der Waals surface area contributed by atoms with Crippen molar-refractivity contribution in [3.8, 4) is 0 Å². The molecule has 1 saturated heterocycles. The van der Waals surface area contributed by atoms with Gasteiger partial charge in [0.25, 0.3) is 0 Å². The van der Waals surface area contributed by atoms with Crippen LogP contribution in [0.25, 0.3) is 0 Å². The number of rotatable bonds is 5. The third-order valence-electron chi connectivity index (χ3n) is 5.56. The van der Waals surface area contributed by atoms with E-state index in [1.165, 1.54) is 5.56 Å². The highest BCUT2D eigenvalue weighted by molar-refractivity contribution is 5.78. The van der Waals surface area contributed by atoms with Crippen molar-refractivity contribution in [1.29, 1.82) is 0 Å². The van der Waals surface area contributed by atoms with Crippen molar-refractivity contribution in [3.05, 3.63) is 35.4 Å². The minimum Gasteiger partial charge on any atom is -0.387 e. The monoisotopic (exact) mass is 331 g/mol. The van der Waals surface area contributed by atoms with Crippen LogP contribution >= 0.6 is 0 Å². The summed E-state index contributed by atoms with van der Waals surface area (Å²) in [6, 6.07) is 8.33. The van der Waals surface area contributed by atoms with Gasteiger partial charge in [-0.25, -0.2) is 0 Å². The van der Waals surface area contributed by atoms with Gasteiger partial charge in [-0.1, -0.05) is 38.1 Å². The number of hydrogen-bond acceptors (Lipinski definition) is 4. The van der Waals surface area contributed by atoms with E-state index in [0.717, 1.165) is 51.3 Å². The van der Waals surface area contributed by atoms with E-state index in [2.05, 4.69) is 29.7 Å². The van der Waals surface area contributed by atoms with Gasteiger partial charge >= 0.3 is 0 Å². The lowest BCUT2D eigenvalue weighted by molar-refractivity contribution is -0.134. The van der Waals surface area contributed by atoms with Crippen LogP contribution in [0, 0.1) is 0 Å². The van der Waals surface area contributed by atoms with Crippen molar-refractivity contribution >= 4 is 5.91 Å². The maximum absolute atomic E-state index is 12.4. The van der Waals surface area contributed by atoms with Gasteiger partial charge in [-0.2, -0.15) is 0 Å². The highest BCUT2D eigenvalue weighted by Crippen LogP contribution is 2.34. The SMILES string of the molecule is CCN(CC)CC(=O)N1CCN(C2Cc3ccccc3C2O)CC1. The summed E-state index contributed by atoms with van der Waals surface area (Å²) in [6.45, 7) is 9.74. The fourth-order valence-corrected chi connectivity index (χ4v) is 3.92. The van der Waals surface area contributed by atoms with Gasteiger partial charge in [0.05, 0.1) is 12.6 Å². The van der Waals surface area contributed by atoms with Crippen LogP contribution in [0.1, 0.15) is 31.1 Å². The number of carbonyl (C=O) groups excluding carboxylic acids is 1. The van der Waals surface area contributed by atoms with Crippen LogP contribution in [0.3, 0.4) is 0 Å². The van der Waals surface area contributed by atoms with Gasteiger partial charge in [0, 0.05) is 32.2 Å². The molecular formula is C19H29N3O2. The number of piperazine rings is 1. The summed E-state index contributed by atoms with van der Waals surface area (Å²) >= 11 is 0. The van der Waals surface area contributed by atoms with E-state index in [0.29, 0.717) is 6.54 Å². The van der Waals surface area contributed by atoms with Crippen LogP contribution in [0.5, 0.6) is 0 Å². The van der Waals surface area contributed by atoms with Crippen LogP contribution < -0.4 is 0 Å². The summed E-state index contributed by atoms with van der Waals surface area (Å²) in [6.07, 6.45) is 0.504. The average Bonchev–Trinajstić information content (AvgIpc) is 2.97. The zero-order valence-electron chi connectivity index (χ0n) is 14.8. The predicted molar refractivity (Wildman–Crippen MR) is 94.8 cm³/mol. The van der Waals surface area contributed by atoms with E-state index >= 15 is 0 Å². The maximum atomic E-state index is 12.4. The van der Waals surface area contributed by atoms with E-state index in [4.69, 9.17) is 0 Å². The molecule has 0 bridgehead atoms. The van der Waals surface area contributed by atoms with Gasteiger partial charge < -0.3 is 10.0 Å². The Kier molecular flexibility index (Phi) is 5.54. The van der Waals surface area contributed by atoms with E-state index in [9.17, 15) is 9.90 Å². The first-order valence-corrected chi connectivity index (χ1v) is 9.14. The Morgan fingerprint density at radius 3 is 2.46 bits per heavy atom. The molecule has 1 fully saturated rings. The molecule has 0 saturated carbocycles. The molecule has 2 aliphatic rings. The molecule has 1 amide bonds. The second-order valence-electron chi connectivity index (χ2n) is 6.79. The molecule has 0 radical (unpaired) electrons. The summed E-state index contributed by atoms with van der Waals surface area (Å²) in [4.78, 5) is 18.9. The van der Waals surface area contributed by atoms with Gasteiger partial charge in [0.2, 0.25) is 5.91 Å². The normalized spacial score (nSPS) is 24.4. The first kappa shape index (κ1) is 17.4. The van der Waals surface area contributed by atoms with Gasteiger partial charge in [-0.05, 0) is 30.6 Å². The van der Waals surface area contributed by atoms with Crippen LogP contribution in [0.4, 0.5) is 0 Å². The molecule has 1 aliphatic carbocycles. The lowest BCUT2D eigenvalue weighted by Gasteiger charge is -2.39. The number of fused-ring (bicyclic) bond motifs is 1. The van der Waals surface area contributed by atoms with Gasteiger partial charge in [-0.3, -0.25) is 14.6 Å². The highest BCUT2D eigenvalue weighted by atomic mass is 16.3. The number of nitrogens with zero attached hydrogens (tertiary/aromatic N) is 3. The fourth-order valence-electron chi connectivity index (χ4n) is 3.92. The largest absolute Gasteiger partial charge is 0.387 e. The van der Waals surface area contributed by atoms with E-state index in [1.54, 1.807) is 0 Å². The van der Waals surface area contributed by atoms with Crippen LogP contribution in [0.15, 0.2) is 24.3 Å². The Hall–Kier alpha value is -1.43. The molecule has 0 spiro atoms. The summed E-state index contributed by atoms with van der Waals surface area (Å²) < 4.78 is 0. The number of amides is 1. The molecule has 24 heavy (non-hydrogen) atoms. The lowest BCUT2D eigenvalue weighted by Crippen LogP contribution is -2.54. The molecule has 5 heteroatoms. The molecule has 2 unspecified atom stereocenters. The van der Waals surface area contributed by atoms with Crippen molar-refractivity contribution in [2.24, 2.45) is 0 Å². The summed E-state index contributed by atoms with van der Waals surface area (Å²) in [7, 11) is 0. The van der Waals surface area contributed by atoms with Crippen molar-refractivity contribution in [3.63, 3.8) is 0 Å². The van der Waals surface area contributed by atoms with Gasteiger partial charge in [0.1, 0.15) is 0 Å². The molecule has 5 nitrogen and oxygen atoms in total. The molecule has 132 valence electrons. The van der Waals surface area contributed by atoms with Crippen molar-refractivity contribution < 1.29 is 9.90 Å². The minimum atomic E-state index is -0.404. The van der Waals surface area contributed by atoms with Gasteiger partial charge in [-0.15, -0.1) is 0 Å². The standard InChI is InChI=1S/C19H29N3O2/c1-3-20(4-2)14-18(23)22-11-9-21(10-12-22)17-13-15-7-5-6-8-16(15)19(17)24/h5-8,17,19,24H,3-4,9-14H2,1-2H3. The Labute approximate surface area is 144 Å². The fraction of sp³-hybridized carbons (Fsp3) is 0.632. The first-order valence-electron chi connectivity index (χ1n) is 9.14. The summed E-state index contributed by atoms with van der Waals surface area (Å²) in [5.74, 6) is 0.230. The highest BCUT2D eigenvalue weighted by Gasteiger charge is 2.36. The Morgan fingerprint density at radius 1 is 1.17 bits per heavy atom. The number of likely N-dealkylation sites (N-methyl/N-ethyl adjacent to an activating group) is 1. The Bertz CT molecular complexity index is 565. The lowest BCUT2D eigenvalue weighted by atomic mass is 10.1. The van der Waals surface area contributed by atoms with Crippen molar-refractivity contribution in [2.75, 3.05) is 45.8 Å². The molecule has 1 heterocycles. The topological polar surface area (TPSA) is 47.0 Å². The molecule has 1 N–H and O–H groups in total. The maximum Gasteiger partial charge on any atom is 0.236 e. The zero-order valence-corrected chi connectivity index (χ0v) is 14.8. The third-order valence-corrected chi connectivity index (χ3v) is 5.56. The molecule has 2 atom stereocenters. The predicted octanol–water partition coefficient (Wildman–Crippen LogP) is 1.13. The second kappa shape index (κ2) is 7.64. The molecule has 0 aromatic heterocycles. The van der Waals surface area contributed by atoms with E-state index in [1.807, 2.05) is 23.1 Å². The molecule has 1 aromatic carbocycles. The number of benzene rings is 1. The Morgan fingerprint density at radius 2 is 1.83 bits per heavy atom. The van der Waals surface area contributed by atoms with Crippen molar-refractivity contribution in [2.45, 2.75) is 32.4 Å².